The van der Waals surface area contributed by atoms with E-state index in [-0.39, 0.29) is 5.75 Å². The van der Waals surface area contributed by atoms with Crippen LogP contribution in [-0.4, -0.2) is 41.3 Å². The molecule has 1 N–H and O–H groups in total. The second-order valence-electron chi connectivity index (χ2n) is 4.70. The number of nitrogens with one attached hydrogen (secondary N) is 1. The van der Waals surface area contributed by atoms with Gasteiger partial charge in [-0.05, 0) is 24.4 Å². The molecular formula is C15H18N4O4S. The number of methoxy groups -OCH3 is 2. The van der Waals surface area contributed by atoms with Gasteiger partial charge < -0.3 is 14.2 Å². The summed E-state index contributed by atoms with van der Waals surface area (Å²) in [6, 6.07) is 3.36. The lowest BCUT2D eigenvalue weighted by Gasteiger charge is -2.13. The Morgan fingerprint density at radius 2 is 2.00 bits per heavy atom. The van der Waals surface area contributed by atoms with E-state index in [9.17, 15) is 4.79 Å². The fourth-order valence-electron chi connectivity index (χ4n) is 2.02. The number of aromatic amines is 1. The lowest BCUT2D eigenvalue weighted by molar-refractivity contribution is -0.132. The Hall–Kier alpha value is -2.68. The molecule has 0 unspecified atom stereocenters. The lowest BCUT2D eigenvalue weighted by atomic mass is 10.2. The molecule has 0 amide bonds. The maximum absolute atomic E-state index is 11.2. The summed E-state index contributed by atoms with van der Waals surface area (Å²) in [6.07, 6.45) is 2.27. The van der Waals surface area contributed by atoms with Crippen LogP contribution >= 0.6 is 12.2 Å². The summed E-state index contributed by atoms with van der Waals surface area (Å²) in [4.78, 5) is 11.2. The second kappa shape index (κ2) is 7.73. The first kappa shape index (κ1) is 17.7. The fraction of sp³-hybridized carbons (Fsp3) is 0.333. The molecule has 2 rings (SSSR count). The van der Waals surface area contributed by atoms with Crippen LogP contribution in [0, 0.1) is 4.77 Å². The molecule has 9 heteroatoms. The van der Waals surface area contributed by atoms with Gasteiger partial charge in [-0.25, -0.2) is 0 Å². The van der Waals surface area contributed by atoms with Gasteiger partial charge in [0.1, 0.15) is 0 Å². The molecular weight excluding hydrogens is 332 g/mol. The van der Waals surface area contributed by atoms with Gasteiger partial charge in [0, 0.05) is 18.9 Å². The van der Waals surface area contributed by atoms with E-state index >= 15 is 0 Å². The normalized spacial score (nSPS) is 10.8. The third-order valence-corrected chi connectivity index (χ3v) is 3.35. The number of aryl methyl sites for hydroxylation is 1. The van der Waals surface area contributed by atoms with Crippen LogP contribution in [0.1, 0.15) is 25.2 Å². The van der Waals surface area contributed by atoms with E-state index in [1.165, 1.54) is 25.8 Å². The summed E-state index contributed by atoms with van der Waals surface area (Å²) in [6.45, 7) is 3.26. The van der Waals surface area contributed by atoms with Gasteiger partial charge in [0.05, 0.1) is 20.4 Å². The van der Waals surface area contributed by atoms with Crippen LogP contribution < -0.4 is 14.2 Å². The monoisotopic (exact) mass is 350 g/mol. The van der Waals surface area contributed by atoms with Crippen molar-refractivity contribution in [3.63, 3.8) is 0 Å². The molecule has 1 heterocycles. The van der Waals surface area contributed by atoms with E-state index in [1.54, 1.807) is 18.3 Å². The predicted molar refractivity (Wildman–Crippen MR) is 90.6 cm³/mol. The molecule has 0 atom stereocenters. The maximum atomic E-state index is 11.2. The van der Waals surface area contributed by atoms with Gasteiger partial charge in [-0.15, -0.1) is 0 Å². The predicted octanol–water partition coefficient (Wildman–Crippen LogP) is 2.33. The first-order valence-electron chi connectivity index (χ1n) is 7.15. The Morgan fingerprint density at radius 1 is 1.38 bits per heavy atom. The highest BCUT2D eigenvalue weighted by Gasteiger charge is 2.15. The molecule has 24 heavy (non-hydrogen) atoms. The molecule has 8 nitrogen and oxygen atoms in total. The number of carbonyl (C=O) groups is 1. The Morgan fingerprint density at radius 3 is 2.50 bits per heavy atom. The number of esters is 1. The summed E-state index contributed by atoms with van der Waals surface area (Å²) in [5.41, 5.74) is 0.685. The minimum absolute atomic E-state index is 0.221. The topological polar surface area (TPSA) is 90.7 Å². The first-order chi connectivity index (χ1) is 11.5. The number of ether oxygens (including phenoxy) is 3. The molecule has 0 saturated carbocycles. The molecule has 1 aromatic heterocycles. The van der Waals surface area contributed by atoms with E-state index < -0.39 is 5.97 Å². The molecule has 0 aliphatic carbocycles. The Bertz CT molecular complexity index is 800. The van der Waals surface area contributed by atoms with Crippen LogP contribution in [-0.2, 0) is 11.2 Å². The molecule has 1 aromatic carbocycles. The van der Waals surface area contributed by atoms with Gasteiger partial charge >= 0.3 is 5.97 Å². The van der Waals surface area contributed by atoms with Crippen molar-refractivity contribution in [3.05, 3.63) is 28.3 Å². The number of H-pyrrole nitrogens is 1. The maximum Gasteiger partial charge on any atom is 0.308 e. The fourth-order valence-corrected chi connectivity index (χ4v) is 2.21. The van der Waals surface area contributed by atoms with Crippen molar-refractivity contribution in [1.82, 2.24) is 14.9 Å². The molecule has 0 radical (unpaired) electrons. The highest BCUT2D eigenvalue weighted by atomic mass is 32.1. The van der Waals surface area contributed by atoms with Crippen molar-refractivity contribution >= 4 is 24.4 Å². The van der Waals surface area contributed by atoms with Crippen LogP contribution in [0.5, 0.6) is 17.2 Å². The average Bonchev–Trinajstić information content (AvgIpc) is 2.93. The van der Waals surface area contributed by atoms with Crippen molar-refractivity contribution in [3.8, 4) is 17.2 Å². The van der Waals surface area contributed by atoms with Gasteiger partial charge in [0.15, 0.2) is 17.3 Å². The quantitative estimate of drug-likeness (QED) is 0.372. The van der Waals surface area contributed by atoms with Crippen LogP contribution in [0.4, 0.5) is 0 Å². The van der Waals surface area contributed by atoms with Crippen molar-refractivity contribution < 1.29 is 19.0 Å². The molecule has 0 spiro atoms. The van der Waals surface area contributed by atoms with Crippen molar-refractivity contribution in [2.45, 2.75) is 20.3 Å². The van der Waals surface area contributed by atoms with E-state index in [4.69, 9.17) is 26.4 Å². The Labute approximate surface area is 144 Å². The average molecular weight is 350 g/mol. The zero-order valence-electron chi connectivity index (χ0n) is 13.8. The largest absolute Gasteiger partial charge is 0.493 e. The van der Waals surface area contributed by atoms with Gasteiger partial charge in [0.2, 0.25) is 10.5 Å². The molecule has 2 aromatic rings. The minimum Gasteiger partial charge on any atom is -0.493 e. The minimum atomic E-state index is -0.467. The lowest BCUT2D eigenvalue weighted by Crippen LogP contribution is -2.05. The number of carbonyl (C=O) groups excluding carboxylic acids is 1. The number of rotatable bonds is 6. The number of benzene rings is 1. The number of aromatic nitrogens is 3. The summed E-state index contributed by atoms with van der Waals surface area (Å²) >= 11 is 5.14. The van der Waals surface area contributed by atoms with Crippen LogP contribution in [0.3, 0.4) is 0 Å². The zero-order valence-corrected chi connectivity index (χ0v) is 14.6. The number of nitrogens with zero attached hydrogens (tertiary/aromatic N) is 3. The van der Waals surface area contributed by atoms with Crippen molar-refractivity contribution in [2.75, 3.05) is 14.2 Å². The van der Waals surface area contributed by atoms with Crippen LogP contribution in [0.2, 0.25) is 0 Å². The second-order valence-corrected chi connectivity index (χ2v) is 5.09. The summed E-state index contributed by atoms with van der Waals surface area (Å²) in [7, 11) is 2.95. The number of hydrogen-bond donors (Lipinski definition) is 1. The van der Waals surface area contributed by atoms with E-state index in [0.29, 0.717) is 34.1 Å². The summed E-state index contributed by atoms with van der Waals surface area (Å²) in [5, 5.41) is 11.1. The third-order valence-electron chi connectivity index (χ3n) is 3.08. The third kappa shape index (κ3) is 3.80. The molecule has 0 fully saturated rings. The van der Waals surface area contributed by atoms with Gasteiger partial charge in [0.25, 0.3) is 0 Å². The standard InChI is InChI=1S/C15H18N4O4S/c1-5-13-17-18-15(24)19(13)16-8-10-6-11(21-3)14(23-9(2)20)12(7-10)22-4/h6-8H,5H2,1-4H3,(H,18,24)/b16-8-. The molecule has 0 bridgehead atoms. The highest BCUT2D eigenvalue weighted by Crippen LogP contribution is 2.38. The van der Waals surface area contributed by atoms with Crippen molar-refractivity contribution in [2.24, 2.45) is 5.10 Å². The summed E-state index contributed by atoms with van der Waals surface area (Å²) in [5.74, 6) is 1.19. The Balaban J connectivity index is 2.44. The molecule has 128 valence electrons. The molecule has 0 aliphatic heterocycles. The van der Waals surface area contributed by atoms with E-state index in [0.717, 1.165) is 0 Å². The highest BCUT2D eigenvalue weighted by molar-refractivity contribution is 7.71. The van der Waals surface area contributed by atoms with E-state index in [1.807, 2.05) is 6.92 Å². The zero-order chi connectivity index (χ0) is 17.7. The van der Waals surface area contributed by atoms with Crippen LogP contribution in [0.25, 0.3) is 0 Å². The SMILES string of the molecule is CCc1n[nH]c(=S)n1/N=C\c1cc(OC)c(OC(C)=O)c(OC)c1. The van der Waals surface area contributed by atoms with Gasteiger partial charge in [-0.1, -0.05) is 6.92 Å². The number of hydrogen-bond acceptors (Lipinski definition) is 7. The van der Waals surface area contributed by atoms with Crippen LogP contribution in [0.15, 0.2) is 17.2 Å². The van der Waals surface area contributed by atoms with E-state index in [2.05, 4.69) is 15.3 Å². The van der Waals surface area contributed by atoms with Gasteiger partial charge in [-0.2, -0.15) is 14.9 Å². The van der Waals surface area contributed by atoms with Gasteiger partial charge in [-0.3, -0.25) is 9.89 Å². The summed E-state index contributed by atoms with van der Waals surface area (Å²) < 4.78 is 17.6. The smallest absolute Gasteiger partial charge is 0.308 e. The molecule has 0 aliphatic rings. The van der Waals surface area contributed by atoms with Crippen molar-refractivity contribution in [1.29, 1.82) is 0 Å². The molecule has 0 saturated heterocycles. The first-order valence-corrected chi connectivity index (χ1v) is 7.56. The Kier molecular flexibility index (Phi) is 5.69.